The summed E-state index contributed by atoms with van der Waals surface area (Å²) in [6.07, 6.45) is 5.62. The first-order valence-corrected chi connectivity index (χ1v) is 12.9. The normalized spacial score (nSPS) is 26.6. The Hall–Kier alpha value is -0.170. The van der Waals surface area contributed by atoms with Gasteiger partial charge in [-0.25, -0.2) is 0 Å². The summed E-state index contributed by atoms with van der Waals surface area (Å²) in [5.74, 6) is 0.997. The Labute approximate surface area is 185 Å². The molecule has 0 saturated carbocycles. The minimum atomic E-state index is -1.01. The van der Waals surface area contributed by atoms with Gasteiger partial charge in [0.25, 0.3) is 0 Å². The summed E-state index contributed by atoms with van der Waals surface area (Å²) in [4.78, 5) is 0. The van der Waals surface area contributed by atoms with Crippen LogP contribution in [0.2, 0.25) is 0 Å². The average molecular weight is 526 g/mol. The number of hydrogen-bond acceptors (Lipinski definition) is 8. The number of ether oxygens (including phenoxy) is 2. The smallest absolute Gasteiger partial charge is 0.163 e. The van der Waals surface area contributed by atoms with Crippen molar-refractivity contribution in [3.8, 4) is 0 Å². The van der Waals surface area contributed by atoms with Gasteiger partial charge in [0, 0.05) is 57.5 Å². The summed E-state index contributed by atoms with van der Waals surface area (Å²) in [5.41, 5.74) is 7.58. The summed E-state index contributed by atoms with van der Waals surface area (Å²) in [7, 11) is 1.72. The fourth-order valence-electron chi connectivity index (χ4n) is 4.09. The van der Waals surface area contributed by atoms with Crippen LogP contribution in [-0.4, -0.2) is 61.4 Å². The Kier molecular flexibility index (Phi) is 12.1. The van der Waals surface area contributed by atoms with Crippen LogP contribution in [0.3, 0.4) is 0 Å². The molecule has 2 rings (SSSR count). The van der Waals surface area contributed by atoms with E-state index in [4.69, 9.17) is 9.47 Å². The molecule has 2 heterocycles. The highest BCUT2D eigenvalue weighted by atomic mass is 127. The molecule has 29 heavy (non-hydrogen) atoms. The molecule has 170 valence electrons. The van der Waals surface area contributed by atoms with Crippen LogP contribution in [0.15, 0.2) is 11.8 Å². The van der Waals surface area contributed by atoms with E-state index in [1.54, 1.807) is 7.11 Å². The third kappa shape index (κ3) is 8.12. The highest BCUT2D eigenvalue weighted by molar-refractivity contribution is 14.1. The largest absolute Gasteiger partial charge is 0.396 e. The van der Waals surface area contributed by atoms with Crippen LogP contribution in [0.25, 0.3) is 0 Å². The topological polar surface area (TPSA) is 104 Å². The van der Waals surface area contributed by atoms with Gasteiger partial charge in [-0.3, -0.25) is 13.9 Å². The lowest BCUT2D eigenvalue weighted by Crippen LogP contribution is -2.45. The van der Waals surface area contributed by atoms with E-state index in [9.17, 15) is 8.18 Å². The Balaban J connectivity index is 2.04. The summed E-state index contributed by atoms with van der Waals surface area (Å²) in [6.45, 7) is 7.63. The number of aliphatic hydroxyl groups is 1. The maximum absolute atomic E-state index is 11.3. The van der Waals surface area contributed by atoms with Gasteiger partial charge in [-0.05, 0) is 45.4 Å². The highest BCUT2D eigenvalue weighted by Crippen LogP contribution is 2.28. The van der Waals surface area contributed by atoms with Crippen molar-refractivity contribution >= 4 is 21.2 Å². The van der Waals surface area contributed by atoms with Gasteiger partial charge in [0.15, 0.2) is 21.2 Å². The van der Waals surface area contributed by atoms with Crippen LogP contribution >= 0.6 is 21.2 Å². The number of rotatable bonds is 14. The molecule has 5 N–H and O–H groups in total. The van der Waals surface area contributed by atoms with Gasteiger partial charge in [0.2, 0.25) is 0 Å². The molecule has 0 aromatic heterocycles. The molecular formula is C20H39IN4O4. The molecule has 9 heteroatoms. The number of hydrogen-bond donors (Lipinski definition) is 5. The second kappa shape index (κ2) is 14.0. The number of allylic oxidation sites excluding steroid dienone is 2. The van der Waals surface area contributed by atoms with Crippen molar-refractivity contribution in [1.82, 2.24) is 21.5 Å². The molecule has 2 aliphatic rings. The molecule has 2 saturated heterocycles. The van der Waals surface area contributed by atoms with Crippen molar-refractivity contribution in [3.63, 3.8) is 0 Å². The van der Waals surface area contributed by atoms with E-state index in [0.29, 0.717) is 24.4 Å². The van der Waals surface area contributed by atoms with Crippen LogP contribution in [0.5, 0.6) is 0 Å². The van der Waals surface area contributed by atoms with Crippen LogP contribution < -0.4 is 21.5 Å². The van der Waals surface area contributed by atoms with Gasteiger partial charge < -0.3 is 25.2 Å². The molecule has 2 fully saturated rings. The molecule has 2 aliphatic heterocycles. The van der Waals surface area contributed by atoms with E-state index in [2.05, 4.69) is 41.4 Å². The number of hydrazine groups is 1. The SMILES string of the molecule is C/C=C(\N[C@@H](OC(C)[C@H]1CNC(I=O)C1)C1CNNC1)[C@@H](CCCO)CCOC. The minimum absolute atomic E-state index is 0.0779. The number of alkyl halides is 1. The maximum Gasteiger partial charge on any atom is 0.163 e. The van der Waals surface area contributed by atoms with Crippen LogP contribution in [0.4, 0.5) is 0 Å². The van der Waals surface area contributed by atoms with E-state index in [-0.39, 0.29) is 23.0 Å². The quantitative estimate of drug-likeness (QED) is 0.101. The van der Waals surface area contributed by atoms with Crippen molar-refractivity contribution in [2.45, 2.75) is 55.9 Å². The zero-order valence-corrected chi connectivity index (χ0v) is 20.1. The van der Waals surface area contributed by atoms with E-state index >= 15 is 0 Å². The Morgan fingerprint density at radius 2 is 2.03 bits per heavy atom. The first kappa shape index (κ1) is 25.1. The fourth-order valence-corrected chi connectivity index (χ4v) is 5.38. The zero-order chi connectivity index (χ0) is 21.1. The first-order valence-electron chi connectivity index (χ1n) is 10.8. The van der Waals surface area contributed by atoms with E-state index in [0.717, 1.165) is 51.0 Å². The molecule has 0 radical (unpaired) electrons. The number of halogens is 1. The lowest BCUT2D eigenvalue weighted by molar-refractivity contribution is -0.0643. The van der Waals surface area contributed by atoms with Crippen molar-refractivity contribution in [1.29, 1.82) is 0 Å². The number of nitrogens with one attached hydrogen (secondary N) is 4. The molecule has 5 atom stereocenters. The van der Waals surface area contributed by atoms with Gasteiger partial charge in [0.05, 0.1) is 10.2 Å². The van der Waals surface area contributed by atoms with E-state index < -0.39 is 21.2 Å². The lowest BCUT2D eigenvalue weighted by atomic mass is 9.94. The molecule has 2 unspecified atom stereocenters. The van der Waals surface area contributed by atoms with Crippen molar-refractivity contribution < 1.29 is 17.6 Å². The molecule has 0 bridgehead atoms. The zero-order valence-electron chi connectivity index (χ0n) is 18.0. The van der Waals surface area contributed by atoms with Gasteiger partial charge in [-0.15, -0.1) is 0 Å². The fraction of sp³-hybridized carbons (Fsp3) is 0.900. The standard InChI is InChI=1S/C20H39IN4O4/c1-4-18(15(6-5-8-26)7-9-28-3)25-20(17-12-23-24-13-17)29-14(2)16-10-19(21-27)22-11-16/h4,14-17,19-20,22-26H,5-13H2,1-3H3/b18-4-/t14?,15-,16+,19?,20-/m0/s1. The lowest BCUT2D eigenvalue weighted by Gasteiger charge is -2.33. The molecule has 0 aromatic carbocycles. The summed E-state index contributed by atoms with van der Waals surface area (Å²) in [6, 6.07) is 0. The maximum atomic E-state index is 11.3. The van der Waals surface area contributed by atoms with Gasteiger partial charge in [-0.1, -0.05) is 6.08 Å². The molecule has 0 amide bonds. The third-order valence-corrected chi connectivity index (χ3v) is 7.53. The average Bonchev–Trinajstić information content (AvgIpc) is 3.43. The monoisotopic (exact) mass is 526 g/mol. The predicted octanol–water partition coefficient (Wildman–Crippen LogP) is 1.61. The minimum Gasteiger partial charge on any atom is -0.396 e. The number of aliphatic hydroxyl groups excluding tert-OH is 1. The summed E-state index contributed by atoms with van der Waals surface area (Å²) < 4.78 is 23.3. The van der Waals surface area contributed by atoms with Gasteiger partial charge in [-0.2, -0.15) is 0 Å². The van der Waals surface area contributed by atoms with Gasteiger partial charge >= 0.3 is 0 Å². The van der Waals surface area contributed by atoms with Crippen LogP contribution in [0.1, 0.15) is 39.5 Å². The second-order valence-corrected chi connectivity index (χ2v) is 9.99. The highest BCUT2D eigenvalue weighted by Gasteiger charge is 2.34. The van der Waals surface area contributed by atoms with E-state index in [1.165, 1.54) is 0 Å². The Bertz CT molecular complexity index is 497. The van der Waals surface area contributed by atoms with Gasteiger partial charge in [0.1, 0.15) is 6.23 Å². The summed E-state index contributed by atoms with van der Waals surface area (Å²) in [5, 5.41) is 16.3. The second-order valence-electron chi connectivity index (χ2n) is 7.98. The molecular weight excluding hydrogens is 487 g/mol. The van der Waals surface area contributed by atoms with Crippen molar-refractivity contribution in [2.24, 2.45) is 17.8 Å². The molecule has 0 aromatic rings. The van der Waals surface area contributed by atoms with Crippen LogP contribution in [-0.2, 0) is 12.5 Å². The van der Waals surface area contributed by atoms with E-state index in [1.807, 2.05) is 0 Å². The molecule has 0 spiro atoms. The summed E-state index contributed by atoms with van der Waals surface area (Å²) >= 11 is -1.01. The molecule has 8 nitrogen and oxygen atoms in total. The van der Waals surface area contributed by atoms with Crippen molar-refractivity contribution in [2.75, 3.05) is 40.0 Å². The number of methoxy groups -OCH3 is 1. The van der Waals surface area contributed by atoms with Crippen LogP contribution in [0, 0.1) is 17.8 Å². The molecule has 0 aliphatic carbocycles. The Morgan fingerprint density at radius 1 is 1.28 bits per heavy atom. The van der Waals surface area contributed by atoms with Crippen molar-refractivity contribution in [3.05, 3.63) is 11.8 Å². The first-order chi connectivity index (χ1) is 14.1. The third-order valence-electron chi connectivity index (χ3n) is 5.97. The predicted molar refractivity (Wildman–Crippen MR) is 122 cm³/mol. The Morgan fingerprint density at radius 3 is 2.62 bits per heavy atom.